The van der Waals surface area contributed by atoms with Crippen molar-refractivity contribution in [1.29, 1.82) is 0 Å². The monoisotopic (exact) mass is 236 g/mol. The molecule has 92 valence electrons. The molecule has 2 N–H and O–H groups in total. The predicted octanol–water partition coefficient (Wildman–Crippen LogP) is 0.957. The molecular weight excluding hydrogens is 220 g/mol. The normalized spacial score (nSPS) is 9.76. The first-order chi connectivity index (χ1) is 8.04. The number of carbonyl (C=O) groups is 2. The van der Waals surface area contributed by atoms with Gasteiger partial charge in [0, 0.05) is 19.3 Å². The minimum Gasteiger partial charge on any atom is -0.478 e. The molecule has 0 spiro atoms. The van der Waals surface area contributed by atoms with Crippen LogP contribution < -0.4 is 10.2 Å². The highest BCUT2D eigenvalue weighted by molar-refractivity contribution is 5.88. The van der Waals surface area contributed by atoms with E-state index in [2.05, 4.69) is 5.32 Å². The molecule has 1 rings (SSSR count). The Hall–Kier alpha value is -2.04. The van der Waals surface area contributed by atoms with Gasteiger partial charge in [0.05, 0.1) is 12.1 Å². The molecular formula is C12H16N2O3. The number of anilines is 1. The molecule has 0 radical (unpaired) electrons. The van der Waals surface area contributed by atoms with E-state index in [9.17, 15) is 9.59 Å². The minimum absolute atomic E-state index is 0.0580. The molecule has 0 unspecified atom stereocenters. The third-order valence-electron chi connectivity index (χ3n) is 2.31. The minimum atomic E-state index is -0.956. The molecule has 5 nitrogen and oxygen atoms in total. The number of rotatable bonds is 5. The standard InChI is InChI=1S/C12H16N2O3/c1-3-13-11(15)8-14(2)10-6-4-9(5-7-10)12(16)17/h4-7H,3,8H2,1-2H3,(H,13,15)(H,16,17). The van der Waals surface area contributed by atoms with Gasteiger partial charge in [-0.3, -0.25) is 4.79 Å². The molecule has 0 bridgehead atoms. The van der Waals surface area contributed by atoms with Crippen LogP contribution in [0.5, 0.6) is 0 Å². The van der Waals surface area contributed by atoms with Crippen LogP contribution in [-0.2, 0) is 4.79 Å². The molecule has 0 aliphatic rings. The number of aromatic carboxylic acids is 1. The van der Waals surface area contributed by atoms with Gasteiger partial charge < -0.3 is 15.3 Å². The van der Waals surface area contributed by atoms with Gasteiger partial charge in [-0.1, -0.05) is 0 Å². The quantitative estimate of drug-likeness (QED) is 0.798. The van der Waals surface area contributed by atoms with Crippen LogP contribution in [0.3, 0.4) is 0 Å². The van der Waals surface area contributed by atoms with Crippen LogP contribution in [0.1, 0.15) is 17.3 Å². The van der Waals surface area contributed by atoms with Gasteiger partial charge >= 0.3 is 5.97 Å². The lowest BCUT2D eigenvalue weighted by molar-refractivity contribution is -0.119. The van der Waals surface area contributed by atoms with Gasteiger partial charge in [-0.25, -0.2) is 4.79 Å². The zero-order chi connectivity index (χ0) is 12.8. The second-order valence-corrected chi connectivity index (χ2v) is 3.66. The summed E-state index contributed by atoms with van der Waals surface area (Å²) in [6, 6.07) is 6.41. The van der Waals surface area contributed by atoms with E-state index < -0.39 is 5.97 Å². The highest BCUT2D eigenvalue weighted by atomic mass is 16.4. The fourth-order valence-electron chi connectivity index (χ4n) is 1.42. The number of benzene rings is 1. The lowest BCUT2D eigenvalue weighted by Crippen LogP contribution is -2.34. The summed E-state index contributed by atoms with van der Waals surface area (Å²) in [4.78, 5) is 23.8. The highest BCUT2D eigenvalue weighted by Crippen LogP contribution is 2.13. The van der Waals surface area contributed by atoms with Crippen molar-refractivity contribution in [3.63, 3.8) is 0 Å². The van der Waals surface area contributed by atoms with E-state index in [-0.39, 0.29) is 18.0 Å². The zero-order valence-corrected chi connectivity index (χ0v) is 9.93. The Morgan fingerprint density at radius 2 is 1.88 bits per heavy atom. The molecule has 0 saturated heterocycles. The smallest absolute Gasteiger partial charge is 0.335 e. The first-order valence-corrected chi connectivity index (χ1v) is 5.35. The summed E-state index contributed by atoms with van der Waals surface area (Å²) in [5, 5.41) is 11.5. The Morgan fingerprint density at radius 1 is 1.29 bits per heavy atom. The van der Waals surface area contributed by atoms with Gasteiger partial charge in [-0.05, 0) is 31.2 Å². The summed E-state index contributed by atoms with van der Waals surface area (Å²) < 4.78 is 0. The average Bonchev–Trinajstić information content (AvgIpc) is 2.29. The summed E-state index contributed by atoms with van der Waals surface area (Å²) in [5.74, 6) is -1.01. The maximum atomic E-state index is 11.4. The van der Waals surface area contributed by atoms with Crippen molar-refractivity contribution in [1.82, 2.24) is 5.32 Å². The van der Waals surface area contributed by atoms with E-state index in [1.54, 1.807) is 24.1 Å². The van der Waals surface area contributed by atoms with Crippen molar-refractivity contribution in [3.05, 3.63) is 29.8 Å². The Kier molecular flexibility index (Phi) is 4.51. The Labute approximate surface area is 100 Å². The molecule has 1 aromatic carbocycles. The number of carboxylic acids is 1. The number of amides is 1. The molecule has 1 amide bonds. The number of nitrogens with zero attached hydrogens (tertiary/aromatic N) is 1. The number of likely N-dealkylation sites (N-methyl/N-ethyl adjacent to an activating group) is 2. The molecule has 0 saturated carbocycles. The van der Waals surface area contributed by atoms with Crippen molar-refractivity contribution in [3.8, 4) is 0 Å². The van der Waals surface area contributed by atoms with Gasteiger partial charge in [0.15, 0.2) is 0 Å². The summed E-state index contributed by atoms with van der Waals surface area (Å²) >= 11 is 0. The lowest BCUT2D eigenvalue weighted by Gasteiger charge is -2.18. The van der Waals surface area contributed by atoms with Crippen LogP contribution in [-0.4, -0.2) is 37.1 Å². The number of carboxylic acid groups (broad SMARTS) is 1. The second-order valence-electron chi connectivity index (χ2n) is 3.66. The topological polar surface area (TPSA) is 69.6 Å². The van der Waals surface area contributed by atoms with E-state index in [1.807, 2.05) is 6.92 Å². The van der Waals surface area contributed by atoms with Crippen LogP contribution in [0.2, 0.25) is 0 Å². The molecule has 0 atom stereocenters. The maximum Gasteiger partial charge on any atom is 0.335 e. The molecule has 0 aromatic heterocycles. The average molecular weight is 236 g/mol. The third-order valence-corrected chi connectivity index (χ3v) is 2.31. The summed E-state index contributed by atoms with van der Waals surface area (Å²) in [6.07, 6.45) is 0. The van der Waals surface area contributed by atoms with E-state index >= 15 is 0 Å². The van der Waals surface area contributed by atoms with Crippen LogP contribution in [0.15, 0.2) is 24.3 Å². The van der Waals surface area contributed by atoms with Crippen LogP contribution in [0.25, 0.3) is 0 Å². The molecule has 17 heavy (non-hydrogen) atoms. The summed E-state index contributed by atoms with van der Waals surface area (Å²) in [6.45, 7) is 2.71. The highest BCUT2D eigenvalue weighted by Gasteiger charge is 2.07. The van der Waals surface area contributed by atoms with Crippen molar-refractivity contribution in [2.24, 2.45) is 0 Å². The molecule has 5 heteroatoms. The molecule has 0 heterocycles. The van der Waals surface area contributed by atoms with Gasteiger partial charge in [0.25, 0.3) is 0 Å². The van der Waals surface area contributed by atoms with Crippen molar-refractivity contribution >= 4 is 17.6 Å². The third kappa shape index (κ3) is 3.79. The van der Waals surface area contributed by atoms with Gasteiger partial charge in [0.2, 0.25) is 5.91 Å². The SMILES string of the molecule is CCNC(=O)CN(C)c1ccc(C(=O)O)cc1. The van der Waals surface area contributed by atoms with E-state index in [1.165, 1.54) is 12.1 Å². The van der Waals surface area contributed by atoms with Crippen LogP contribution >= 0.6 is 0 Å². The van der Waals surface area contributed by atoms with Gasteiger partial charge in [-0.15, -0.1) is 0 Å². The fraction of sp³-hybridized carbons (Fsp3) is 0.333. The van der Waals surface area contributed by atoms with Gasteiger partial charge in [-0.2, -0.15) is 0 Å². The Bertz CT molecular complexity index is 401. The summed E-state index contributed by atoms with van der Waals surface area (Å²) in [7, 11) is 1.78. The largest absolute Gasteiger partial charge is 0.478 e. The molecule has 0 fully saturated rings. The van der Waals surface area contributed by atoms with Gasteiger partial charge in [0.1, 0.15) is 0 Å². The van der Waals surface area contributed by atoms with Crippen molar-refractivity contribution in [2.75, 3.05) is 25.0 Å². The Balaban J connectivity index is 2.66. The molecule has 0 aliphatic heterocycles. The summed E-state index contributed by atoms with van der Waals surface area (Å²) in [5.41, 5.74) is 1.04. The second kappa shape index (κ2) is 5.89. The number of hydrogen-bond donors (Lipinski definition) is 2. The number of hydrogen-bond acceptors (Lipinski definition) is 3. The van der Waals surface area contributed by atoms with E-state index in [0.29, 0.717) is 6.54 Å². The van der Waals surface area contributed by atoms with Crippen molar-refractivity contribution in [2.45, 2.75) is 6.92 Å². The van der Waals surface area contributed by atoms with Crippen molar-refractivity contribution < 1.29 is 14.7 Å². The molecule has 1 aromatic rings. The number of carbonyl (C=O) groups excluding carboxylic acids is 1. The van der Waals surface area contributed by atoms with Crippen LogP contribution in [0.4, 0.5) is 5.69 Å². The Morgan fingerprint density at radius 3 is 2.35 bits per heavy atom. The first-order valence-electron chi connectivity index (χ1n) is 5.35. The van der Waals surface area contributed by atoms with E-state index in [0.717, 1.165) is 5.69 Å². The molecule has 0 aliphatic carbocycles. The number of nitrogens with one attached hydrogen (secondary N) is 1. The zero-order valence-electron chi connectivity index (χ0n) is 9.93. The lowest BCUT2D eigenvalue weighted by atomic mass is 10.2. The predicted molar refractivity (Wildman–Crippen MR) is 65.4 cm³/mol. The first kappa shape index (κ1) is 13.0. The van der Waals surface area contributed by atoms with Crippen LogP contribution in [0, 0.1) is 0 Å². The van der Waals surface area contributed by atoms with E-state index in [4.69, 9.17) is 5.11 Å². The maximum absolute atomic E-state index is 11.4. The fourth-order valence-corrected chi connectivity index (χ4v) is 1.42.